The molecule has 32 heavy (non-hydrogen) atoms. The number of ether oxygens (including phenoxy) is 1. The Bertz CT molecular complexity index is 1070. The van der Waals surface area contributed by atoms with Gasteiger partial charge in [-0.2, -0.15) is 13.2 Å². The van der Waals surface area contributed by atoms with Gasteiger partial charge in [0.15, 0.2) is 5.82 Å². The number of anilines is 1. The summed E-state index contributed by atoms with van der Waals surface area (Å²) in [7, 11) is 0. The second-order valence-electron chi connectivity index (χ2n) is 8.73. The molecule has 5 rings (SSSR count). The Morgan fingerprint density at radius 2 is 1.84 bits per heavy atom. The van der Waals surface area contributed by atoms with Gasteiger partial charge in [-0.3, -0.25) is 0 Å². The second kappa shape index (κ2) is 6.98. The van der Waals surface area contributed by atoms with Crippen LogP contribution in [0.15, 0.2) is 18.2 Å². The third-order valence-electron chi connectivity index (χ3n) is 6.52. The van der Waals surface area contributed by atoms with E-state index in [4.69, 9.17) is 4.74 Å². The summed E-state index contributed by atoms with van der Waals surface area (Å²) in [5.74, 6) is -3.60. The molecule has 0 bridgehead atoms. The fourth-order valence-corrected chi connectivity index (χ4v) is 4.43. The van der Waals surface area contributed by atoms with Crippen LogP contribution >= 0.6 is 0 Å². The number of halogens is 5. The maximum Gasteiger partial charge on any atom is 0.416 e. The quantitative estimate of drug-likeness (QED) is 0.603. The van der Waals surface area contributed by atoms with Gasteiger partial charge in [-0.25, -0.2) is 8.78 Å². The first-order valence-electron chi connectivity index (χ1n) is 10.2. The molecule has 1 aromatic heterocycles. The smallest absolute Gasteiger partial charge is 0.416 e. The van der Waals surface area contributed by atoms with Crippen LogP contribution in [-0.4, -0.2) is 44.1 Å². The molecular formula is C21H20F5N3O3. The number of hydrogen-bond acceptors (Lipinski definition) is 6. The summed E-state index contributed by atoms with van der Waals surface area (Å²) in [6, 6.07) is 1.72. The number of alkyl halides is 5. The number of aliphatic hydroxyl groups excluding tert-OH is 1. The van der Waals surface area contributed by atoms with E-state index in [1.807, 2.05) is 0 Å². The summed E-state index contributed by atoms with van der Waals surface area (Å²) >= 11 is 0. The molecule has 2 heterocycles. The molecule has 0 unspecified atom stereocenters. The van der Waals surface area contributed by atoms with Crippen LogP contribution in [0.4, 0.5) is 27.8 Å². The summed E-state index contributed by atoms with van der Waals surface area (Å²) in [5, 5.41) is 31.3. The lowest BCUT2D eigenvalue weighted by Gasteiger charge is -2.29. The van der Waals surface area contributed by atoms with Crippen LogP contribution in [0.1, 0.15) is 42.4 Å². The fraction of sp³-hybridized carbons (Fsp3) is 0.524. The number of aromatic nitrogens is 2. The van der Waals surface area contributed by atoms with Crippen molar-refractivity contribution in [3.8, 4) is 17.0 Å². The second-order valence-corrected chi connectivity index (χ2v) is 8.73. The summed E-state index contributed by atoms with van der Waals surface area (Å²) in [5.41, 5.74) is 0.123. The van der Waals surface area contributed by atoms with E-state index in [0.29, 0.717) is 23.6 Å². The normalized spacial score (nSPS) is 25.6. The van der Waals surface area contributed by atoms with Gasteiger partial charge in [0.25, 0.3) is 5.92 Å². The Labute approximate surface area is 179 Å². The van der Waals surface area contributed by atoms with Crippen LogP contribution in [0.2, 0.25) is 0 Å². The predicted molar refractivity (Wildman–Crippen MR) is 102 cm³/mol. The van der Waals surface area contributed by atoms with Gasteiger partial charge < -0.3 is 20.3 Å². The van der Waals surface area contributed by atoms with E-state index in [-0.39, 0.29) is 35.7 Å². The van der Waals surface area contributed by atoms with Gasteiger partial charge in [-0.05, 0) is 43.0 Å². The van der Waals surface area contributed by atoms with Gasteiger partial charge in [0.2, 0.25) is 0 Å². The van der Waals surface area contributed by atoms with Crippen molar-refractivity contribution in [3.05, 3.63) is 34.9 Å². The molecule has 3 aliphatic rings. The SMILES string of the molecule is Oc1cc(C(F)(F)F)ccc1-c1nnc(N[C@@H]2CCC(F)(F)[C@H]2O)c2c1CC1(CC1)OC2. The Balaban J connectivity index is 1.54. The molecule has 1 aromatic carbocycles. The van der Waals surface area contributed by atoms with Crippen molar-refractivity contribution in [1.82, 2.24) is 10.2 Å². The minimum atomic E-state index is -4.61. The first-order valence-corrected chi connectivity index (χ1v) is 10.2. The van der Waals surface area contributed by atoms with Crippen LogP contribution in [0.25, 0.3) is 11.3 Å². The highest BCUT2D eigenvalue weighted by Crippen LogP contribution is 2.50. The Morgan fingerprint density at radius 3 is 2.44 bits per heavy atom. The first kappa shape index (κ1) is 21.3. The van der Waals surface area contributed by atoms with Gasteiger partial charge in [0, 0.05) is 24.0 Å². The van der Waals surface area contributed by atoms with Crippen LogP contribution in [0.5, 0.6) is 5.75 Å². The lowest BCUT2D eigenvalue weighted by atomic mass is 9.92. The standard InChI is InChI=1S/C21H20F5N3O3/c22-20(23)4-3-14(17(20)31)27-18-13-9-32-19(5-6-19)8-12(13)16(28-29-18)11-2-1-10(7-15(11)30)21(24,25)26/h1-2,7,14,17,30-31H,3-6,8-9H2,(H,27,29)/t14-,17+/m1/s1. The predicted octanol–water partition coefficient (Wildman–Crippen LogP) is 4.04. The zero-order valence-electron chi connectivity index (χ0n) is 16.7. The Hall–Kier alpha value is -2.53. The third kappa shape index (κ3) is 3.57. The molecule has 6 nitrogen and oxygen atoms in total. The van der Waals surface area contributed by atoms with Crippen molar-refractivity contribution in [2.45, 2.75) is 68.6 Å². The van der Waals surface area contributed by atoms with Crippen molar-refractivity contribution < 1.29 is 36.9 Å². The largest absolute Gasteiger partial charge is 0.507 e. The van der Waals surface area contributed by atoms with Crippen LogP contribution in [0, 0.1) is 0 Å². The van der Waals surface area contributed by atoms with Crippen molar-refractivity contribution in [3.63, 3.8) is 0 Å². The monoisotopic (exact) mass is 457 g/mol. The van der Waals surface area contributed by atoms with E-state index < -0.39 is 42.0 Å². The van der Waals surface area contributed by atoms with Crippen LogP contribution in [-0.2, 0) is 23.9 Å². The van der Waals surface area contributed by atoms with E-state index in [2.05, 4.69) is 15.5 Å². The molecule has 172 valence electrons. The number of benzene rings is 1. The van der Waals surface area contributed by atoms with Gasteiger partial charge in [-0.15, -0.1) is 10.2 Å². The average Bonchev–Trinajstić information content (AvgIpc) is 3.42. The van der Waals surface area contributed by atoms with Crippen molar-refractivity contribution in [2.75, 3.05) is 5.32 Å². The highest BCUT2D eigenvalue weighted by molar-refractivity contribution is 5.73. The summed E-state index contributed by atoms with van der Waals surface area (Å²) in [6.07, 6.45) is -4.88. The highest BCUT2D eigenvalue weighted by Gasteiger charge is 2.51. The zero-order chi connectivity index (χ0) is 22.9. The zero-order valence-corrected chi connectivity index (χ0v) is 16.7. The topological polar surface area (TPSA) is 87.5 Å². The minimum absolute atomic E-state index is 0.0386. The lowest BCUT2D eigenvalue weighted by Crippen LogP contribution is -2.39. The number of aliphatic hydroxyl groups is 1. The van der Waals surface area contributed by atoms with E-state index in [1.54, 1.807) is 0 Å². The number of nitrogens with one attached hydrogen (secondary N) is 1. The molecule has 11 heteroatoms. The number of fused-ring (bicyclic) bond motifs is 1. The number of aromatic hydroxyl groups is 1. The van der Waals surface area contributed by atoms with E-state index >= 15 is 0 Å². The van der Waals surface area contributed by atoms with E-state index in [0.717, 1.165) is 25.0 Å². The lowest BCUT2D eigenvalue weighted by molar-refractivity contribution is -0.137. The Morgan fingerprint density at radius 1 is 1.09 bits per heavy atom. The third-order valence-corrected chi connectivity index (χ3v) is 6.52. The summed E-state index contributed by atoms with van der Waals surface area (Å²) in [6.45, 7) is 0.112. The molecular weight excluding hydrogens is 437 g/mol. The molecule has 2 fully saturated rings. The number of nitrogens with zero attached hydrogens (tertiary/aromatic N) is 2. The van der Waals surface area contributed by atoms with Crippen molar-refractivity contribution in [2.24, 2.45) is 0 Å². The average molecular weight is 457 g/mol. The highest BCUT2D eigenvalue weighted by atomic mass is 19.4. The molecule has 2 atom stereocenters. The number of hydrogen-bond donors (Lipinski definition) is 3. The maximum absolute atomic E-state index is 13.7. The van der Waals surface area contributed by atoms with Gasteiger partial charge in [0.05, 0.1) is 23.8 Å². The van der Waals surface area contributed by atoms with Gasteiger partial charge in [0.1, 0.15) is 17.5 Å². The number of phenolic OH excluding ortho intramolecular Hbond substituents is 1. The first-order chi connectivity index (χ1) is 15.0. The number of rotatable bonds is 3. The Kier molecular flexibility index (Phi) is 4.65. The summed E-state index contributed by atoms with van der Waals surface area (Å²) < 4.78 is 72.3. The molecule has 1 aliphatic heterocycles. The fourth-order valence-electron chi connectivity index (χ4n) is 4.43. The molecule has 3 N–H and O–H groups in total. The van der Waals surface area contributed by atoms with Crippen LogP contribution < -0.4 is 5.32 Å². The van der Waals surface area contributed by atoms with E-state index in [9.17, 15) is 32.2 Å². The molecule has 2 aliphatic carbocycles. The molecule has 0 radical (unpaired) electrons. The molecule has 2 saturated carbocycles. The molecule has 0 saturated heterocycles. The summed E-state index contributed by atoms with van der Waals surface area (Å²) in [4.78, 5) is 0. The maximum atomic E-state index is 13.7. The molecule has 0 amide bonds. The molecule has 2 aromatic rings. The van der Waals surface area contributed by atoms with Crippen LogP contribution in [0.3, 0.4) is 0 Å². The molecule has 1 spiro atoms. The number of phenols is 1. The van der Waals surface area contributed by atoms with E-state index in [1.165, 1.54) is 0 Å². The van der Waals surface area contributed by atoms with Crippen molar-refractivity contribution >= 4 is 5.82 Å². The minimum Gasteiger partial charge on any atom is -0.507 e. The van der Waals surface area contributed by atoms with Gasteiger partial charge >= 0.3 is 6.18 Å². The van der Waals surface area contributed by atoms with Crippen molar-refractivity contribution in [1.29, 1.82) is 0 Å². The van der Waals surface area contributed by atoms with Gasteiger partial charge in [-0.1, -0.05) is 0 Å².